The van der Waals surface area contributed by atoms with E-state index in [-0.39, 0.29) is 5.82 Å². The minimum Gasteiger partial charge on any atom is -0.490 e. The Morgan fingerprint density at radius 2 is 1.77 bits per heavy atom. The van der Waals surface area contributed by atoms with E-state index in [2.05, 4.69) is 38.6 Å². The van der Waals surface area contributed by atoms with Gasteiger partial charge in [0.15, 0.2) is 11.2 Å². The number of imidazole rings is 1. The standard InChI is InChI=1S/C18H17BFN2OP3/c1-3-14-15-9-6-12(10-22(15)16(21-14)17(2,20)24)11-4-7-13(8-5-11)23-18(19,25)26/h1,4-10H,24-26H2,2H3. The third-order valence-electron chi connectivity index (χ3n) is 3.69. The van der Waals surface area contributed by atoms with Gasteiger partial charge in [0.05, 0.1) is 10.5 Å². The molecule has 0 bridgehead atoms. The molecule has 0 aliphatic rings. The summed E-state index contributed by atoms with van der Waals surface area (Å²) in [6.45, 7) is 1.43. The van der Waals surface area contributed by atoms with Crippen LogP contribution >= 0.6 is 27.7 Å². The number of nitrogens with zero attached hydrogens (tertiary/aromatic N) is 2. The number of hydrogen-bond donors (Lipinski definition) is 0. The zero-order chi connectivity index (χ0) is 19.1. The smallest absolute Gasteiger partial charge is 0.178 e. The van der Waals surface area contributed by atoms with E-state index in [0.29, 0.717) is 17.0 Å². The molecule has 0 aliphatic heterocycles. The Morgan fingerprint density at radius 1 is 1.15 bits per heavy atom. The number of pyridine rings is 1. The number of rotatable bonds is 4. The maximum Gasteiger partial charge on any atom is 0.178 e. The monoisotopic (exact) mass is 400 g/mol. The fourth-order valence-corrected chi connectivity index (χ4v) is 3.10. The fraction of sp³-hybridized carbons (Fsp3) is 0.167. The molecule has 3 aromatic rings. The van der Waals surface area contributed by atoms with Crippen molar-refractivity contribution in [2.75, 3.05) is 0 Å². The molecule has 2 radical (unpaired) electrons. The van der Waals surface area contributed by atoms with Gasteiger partial charge in [0.25, 0.3) is 0 Å². The minimum atomic E-state index is -1.70. The molecule has 0 fully saturated rings. The Labute approximate surface area is 160 Å². The van der Waals surface area contributed by atoms with Crippen LogP contribution in [0.3, 0.4) is 0 Å². The fourth-order valence-electron chi connectivity index (χ4n) is 2.63. The number of aromatic nitrogens is 2. The molecule has 0 amide bonds. The number of ether oxygens (including phenoxy) is 1. The van der Waals surface area contributed by atoms with Crippen LogP contribution in [0.4, 0.5) is 4.39 Å². The Kier molecular flexibility index (Phi) is 5.16. The van der Waals surface area contributed by atoms with Gasteiger partial charge in [-0.2, -0.15) is 0 Å². The molecular weight excluding hydrogens is 383 g/mol. The predicted molar refractivity (Wildman–Crippen MR) is 115 cm³/mol. The van der Waals surface area contributed by atoms with E-state index in [9.17, 15) is 4.39 Å². The Balaban J connectivity index is 2.05. The molecule has 0 spiro atoms. The van der Waals surface area contributed by atoms with Gasteiger partial charge in [-0.3, -0.25) is 4.40 Å². The highest BCUT2D eigenvalue weighted by Gasteiger charge is 2.26. The molecule has 3 rings (SSSR count). The van der Waals surface area contributed by atoms with Crippen LogP contribution in [-0.2, 0) is 5.41 Å². The van der Waals surface area contributed by atoms with Crippen molar-refractivity contribution in [3.63, 3.8) is 0 Å². The summed E-state index contributed by atoms with van der Waals surface area (Å²) in [4.78, 5) is 3.35. The molecule has 8 heteroatoms. The van der Waals surface area contributed by atoms with Crippen LogP contribution in [0, 0.1) is 12.3 Å². The van der Waals surface area contributed by atoms with Crippen molar-refractivity contribution in [2.24, 2.45) is 0 Å². The first kappa shape index (κ1) is 19.3. The van der Waals surface area contributed by atoms with Crippen LogP contribution in [0.2, 0.25) is 0 Å². The van der Waals surface area contributed by atoms with Gasteiger partial charge in [0, 0.05) is 6.20 Å². The molecule has 4 unspecified atom stereocenters. The summed E-state index contributed by atoms with van der Waals surface area (Å²) < 4.78 is 21.8. The normalized spacial score (nSPS) is 14.0. The van der Waals surface area contributed by atoms with E-state index < -0.39 is 10.4 Å². The van der Waals surface area contributed by atoms with Crippen molar-refractivity contribution in [3.05, 3.63) is 54.1 Å². The first-order chi connectivity index (χ1) is 12.1. The largest absolute Gasteiger partial charge is 0.490 e. The highest BCUT2D eigenvalue weighted by molar-refractivity contribution is 7.43. The molecule has 0 saturated carbocycles. The van der Waals surface area contributed by atoms with Gasteiger partial charge in [-0.15, -0.1) is 6.42 Å². The Bertz CT molecular complexity index is 999. The summed E-state index contributed by atoms with van der Waals surface area (Å²) in [5.41, 5.74) is 2.95. The first-order valence-electron chi connectivity index (χ1n) is 7.71. The highest BCUT2D eigenvalue weighted by atomic mass is 31.1. The highest BCUT2D eigenvalue weighted by Crippen LogP contribution is 2.34. The Hall–Kier alpha value is -1.45. The lowest BCUT2D eigenvalue weighted by molar-refractivity contribution is 0.305. The van der Waals surface area contributed by atoms with Crippen LogP contribution in [0.1, 0.15) is 18.4 Å². The van der Waals surface area contributed by atoms with Crippen LogP contribution < -0.4 is 4.74 Å². The van der Waals surface area contributed by atoms with Crippen LogP contribution in [0.5, 0.6) is 5.75 Å². The summed E-state index contributed by atoms with van der Waals surface area (Å²) in [5.74, 6) is 3.39. The molecule has 26 heavy (non-hydrogen) atoms. The number of halogens is 1. The van der Waals surface area contributed by atoms with Gasteiger partial charge >= 0.3 is 0 Å². The van der Waals surface area contributed by atoms with E-state index in [4.69, 9.17) is 19.0 Å². The average Bonchev–Trinajstić information content (AvgIpc) is 2.92. The number of terminal acetylenes is 1. The lowest BCUT2D eigenvalue weighted by atomic mass is 10.1. The summed E-state index contributed by atoms with van der Waals surface area (Å²) >= 11 is 0. The van der Waals surface area contributed by atoms with Crippen LogP contribution in [0.25, 0.3) is 16.6 Å². The molecular formula is C18H17BFN2OP3. The lowest BCUT2D eigenvalue weighted by Gasteiger charge is -2.21. The number of fused-ring (bicyclic) bond motifs is 1. The second-order valence-corrected chi connectivity index (χ2v) is 9.71. The lowest BCUT2D eigenvalue weighted by Crippen LogP contribution is -2.19. The second kappa shape index (κ2) is 6.94. The molecule has 130 valence electrons. The number of hydrogen-bond acceptors (Lipinski definition) is 2. The van der Waals surface area contributed by atoms with E-state index >= 15 is 0 Å². The number of benzene rings is 1. The van der Waals surface area contributed by atoms with Crippen molar-refractivity contribution < 1.29 is 9.13 Å². The van der Waals surface area contributed by atoms with Crippen LogP contribution in [0.15, 0.2) is 42.6 Å². The zero-order valence-electron chi connectivity index (χ0n) is 14.1. The molecule has 0 N–H and O–H groups in total. The van der Waals surface area contributed by atoms with Crippen molar-refractivity contribution in [1.29, 1.82) is 0 Å². The molecule has 4 atom stereocenters. The predicted octanol–water partition coefficient (Wildman–Crippen LogP) is 3.91. The molecule has 2 heterocycles. The first-order valence-corrected chi connectivity index (χ1v) is 9.45. The van der Waals surface area contributed by atoms with E-state index in [1.165, 1.54) is 6.92 Å². The van der Waals surface area contributed by atoms with Gasteiger partial charge in [0.1, 0.15) is 19.3 Å². The van der Waals surface area contributed by atoms with E-state index in [1.807, 2.05) is 42.6 Å². The van der Waals surface area contributed by atoms with Gasteiger partial charge in [0.2, 0.25) is 0 Å². The van der Waals surface area contributed by atoms with E-state index in [1.54, 1.807) is 4.40 Å². The molecule has 0 saturated heterocycles. The molecule has 0 aliphatic carbocycles. The van der Waals surface area contributed by atoms with Gasteiger partial charge < -0.3 is 4.74 Å². The van der Waals surface area contributed by atoms with Crippen molar-refractivity contribution >= 4 is 41.1 Å². The molecule has 2 aromatic heterocycles. The molecule has 1 aromatic carbocycles. The van der Waals surface area contributed by atoms with Gasteiger partial charge in [-0.1, -0.05) is 45.9 Å². The average molecular weight is 400 g/mol. The van der Waals surface area contributed by atoms with Crippen molar-refractivity contribution in [2.45, 2.75) is 17.3 Å². The summed E-state index contributed by atoms with van der Waals surface area (Å²) in [5, 5.41) is -1.70. The quantitative estimate of drug-likeness (QED) is 0.377. The van der Waals surface area contributed by atoms with Gasteiger partial charge in [-0.25, -0.2) is 9.37 Å². The molecule has 3 nitrogen and oxygen atoms in total. The maximum absolute atomic E-state index is 14.5. The van der Waals surface area contributed by atoms with Crippen molar-refractivity contribution in [1.82, 2.24) is 9.38 Å². The van der Waals surface area contributed by atoms with E-state index in [0.717, 1.165) is 11.1 Å². The Morgan fingerprint density at radius 3 is 2.31 bits per heavy atom. The summed E-state index contributed by atoms with van der Waals surface area (Å²) in [6.07, 6.45) is 7.33. The summed E-state index contributed by atoms with van der Waals surface area (Å²) in [7, 11) is 12.7. The summed E-state index contributed by atoms with van der Waals surface area (Å²) in [6, 6.07) is 11.2. The van der Waals surface area contributed by atoms with Crippen molar-refractivity contribution in [3.8, 4) is 29.2 Å². The van der Waals surface area contributed by atoms with Crippen LogP contribution in [-0.4, -0.2) is 22.2 Å². The third-order valence-corrected chi connectivity index (χ3v) is 4.19. The second-order valence-electron chi connectivity index (χ2n) is 6.16. The minimum absolute atomic E-state index is 0.242. The topological polar surface area (TPSA) is 26.5 Å². The van der Waals surface area contributed by atoms with Gasteiger partial charge in [-0.05, 0) is 42.2 Å². The number of alkyl halides is 1. The SMILES string of the molecule is [B]C(P)(P)Oc1ccc(-c2ccc3c(C#C)nc(C(C)(F)P)n3c2)cc1. The maximum atomic E-state index is 14.5. The zero-order valence-corrected chi connectivity index (χ0v) is 17.6. The third kappa shape index (κ3) is 4.10.